The van der Waals surface area contributed by atoms with Crippen LogP contribution in [0.1, 0.15) is 36.7 Å². The molecule has 5 heteroatoms. The molecule has 0 spiro atoms. The molecule has 94 valence electrons. The van der Waals surface area contributed by atoms with Gasteiger partial charge in [0.1, 0.15) is 5.82 Å². The first-order chi connectivity index (χ1) is 7.55. The number of carbonyl (C=O) groups is 1. The van der Waals surface area contributed by atoms with E-state index < -0.39 is 34.3 Å². The molecule has 0 fully saturated rings. The van der Waals surface area contributed by atoms with E-state index in [1.54, 1.807) is 0 Å². The fraction of sp³-hybridized carbons (Fsp3) is 0.417. The van der Waals surface area contributed by atoms with Crippen LogP contribution in [0.4, 0.5) is 17.6 Å². The Morgan fingerprint density at radius 3 is 2.06 bits per heavy atom. The highest BCUT2D eigenvalue weighted by molar-refractivity contribution is 6.00. The van der Waals surface area contributed by atoms with Crippen molar-refractivity contribution in [3.8, 4) is 0 Å². The van der Waals surface area contributed by atoms with Crippen molar-refractivity contribution in [1.82, 2.24) is 0 Å². The average Bonchev–Trinajstić information content (AvgIpc) is 2.13. The van der Waals surface area contributed by atoms with Gasteiger partial charge in [0.05, 0.1) is 11.1 Å². The van der Waals surface area contributed by atoms with Gasteiger partial charge in [-0.05, 0) is 12.1 Å². The number of alkyl halides is 3. The minimum absolute atomic E-state index is 0.521. The maximum Gasteiger partial charge on any atom is 0.419 e. The highest BCUT2D eigenvalue weighted by Crippen LogP contribution is 2.33. The molecule has 1 rings (SSSR count). The first-order valence-electron chi connectivity index (χ1n) is 4.95. The van der Waals surface area contributed by atoms with Gasteiger partial charge in [-0.15, -0.1) is 0 Å². The fourth-order valence-corrected chi connectivity index (χ4v) is 1.33. The summed E-state index contributed by atoms with van der Waals surface area (Å²) < 4.78 is 50.9. The second-order valence-corrected chi connectivity index (χ2v) is 4.74. The number of halogens is 4. The predicted octanol–water partition coefficient (Wildman–Crippen LogP) is 4.07. The van der Waals surface area contributed by atoms with Crippen molar-refractivity contribution in [3.05, 3.63) is 35.1 Å². The second kappa shape index (κ2) is 4.13. The van der Waals surface area contributed by atoms with Crippen LogP contribution in [-0.4, -0.2) is 5.78 Å². The van der Waals surface area contributed by atoms with Gasteiger partial charge in [-0.25, -0.2) is 4.39 Å². The van der Waals surface area contributed by atoms with Crippen LogP contribution in [0.3, 0.4) is 0 Å². The molecule has 0 radical (unpaired) electrons. The third-order valence-electron chi connectivity index (χ3n) is 2.23. The van der Waals surface area contributed by atoms with E-state index in [-0.39, 0.29) is 0 Å². The van der Waals surface area contributed by atoms with Gasteiger partial charge in [0, 0.05) is 5.41 Å². The van der Waals surface area contributed by atoms with Crippen LogP contribution >= 0.6 is 0 Å². The molecule has 0 aromatic heterocycles. The minimum Gasteiger partial charge on any atom is -0.293 e. The Labute approximate surface area is 96.4 Å². The molecule has 17 heavy (non-hydrogen) atoms. The standard InChI is InChI=1S/C12H12F4O/c1-11(2,3)10(17)7-5-4-6-8(9(7)13)12(14,15)16/h4-6H,1-3H3. The molecule has 0 unspecified atom stereocenters. The monoisotopic (exact) mass is 248 g/mol. The van der Waals surface area contributed by atoms with Gasteiger partial charge >= 0.3 is 6.18 Å². The molecule has 0 saturated carbocycles. The van der Waals surface area contributed by atoms with Gasteiger partial charge in [0.15, 0.2) is 5.78 Å². The molecule has 0 atom stereocenters. The predicted molar refractivity (Wildman–Crippen MR) is 55.2 cm³/mol. The van der Waals surface area contributed by atoms with Gasteiger partial charge in [-0.2, -0.15) is 13.2 Å². The van der Waals surface area contributed by atoms with Crippen molar-refractivity contribution in [1.29, 1.82) is 0 Å². The van der Waals surface area contributed by atoms with Crippen LogP contribution < -0.4 is 0 Å². The van der Waals surface area contributed by atoms with Crippen LogP contribution in [0.2, 0.25) is 0 Å². The summed E-state index contributed by atoms with van der Waals surface area (Å²) in [5.74, 6) is -2.15. The van der Waals surface area contributed by atoms with Crippen LogP contribution in [0.15, 0.2) is 18.2 Å². The van der Waals surface area contributed by atoms with Gasteiger partial charge in [-0.1, -0.05) is 26.8 Å². The number of Topliss-reactive ketones (excluding diaryl/α,β-unsaturated/α-hetero) is 1. The molecule has 0 aliphatic heterocycles. The lowest BCUT2D eigenvalue weighted by atomic mass is 9.86. The molecule has 0 aliphatic carbocycles. The number of benzene rings is 1. The molecule has 0 N–H and O–H groups in total. The highest BCUT2D eigenvalue weighted by atomic mass is 19.4. The number of hydrogen-bond acceptors (Lipinski definition) is 1. The molecule has 0 aliphatic rings. The molecular formula is C12H12F4O. The third kappa shape index (κ3) is 2.84. The zero-order chi connectivity index (χ0) is 13.4. The summed E-state index contributed by atoms with van der Waals surface area (Å²) in [6.07, 6.45) is -4.79. The summed E-state index contributed by atoms with van der Waals surface area (Å²) in [5.41, 5.74) is -2.86. The van der Waals surface area contributed by atoms with Crippen molar-refractivity contribution < 1.29 is 22.4 Å². The maximum absolute atomic E-state index is 13.6. The van der Waals surface area contributed by atoms with Crippen LogP contribution in [0.25, 0.3) is 0 Å². The molecule has 0 amide bonds. The maximum atomic E-state index is 13.6. The molecule has 1 aromatic carbocycles. The highest BCUT2D eigenvalue weighted by Gasteiger charge is 2.37. The lowest BCUT2D eigenvalue weighted by molar-refractivity contribution is -0.140. The van der Waals surface area contributed by atoms with Crippen molar-refractivity contribution in [2.24, 2.45) is 5.41 Å². The molecule has 0 bridgehead atoms. The van der Waals surface area contributed by atoms with E-state index in [1.165, 1.54) is 20.8 Å². The Balaban J connectivity index is 3.35. The van der Waals surface area contributed by atoms with Crippen LogP contribution in [-0.2, 0) is 6.18 Å². The summed E-state index contributed by atoms with van der Waals surface area (Å²) >= 11 is 0. The molecule has 1 nitrogen and oxygen atoms in total. The van der Waals surface area contributed by atoms with E-state index in [4.69, 9.17) is 0 Å². The Hall–Kier alpha value is -1.39. The lowest BCUT2D eigenvalue weighted by Crippen LogP contribution is -2.23. The Morgan fingerprint density at radius 2 is 1.65 bits per heavy atom. The minimum atomic E-state index is -4.79. The molecule has 1 aromatic rings. The summed E-state index contributed by atoms with van der Waals surface area (Å²) in [5, 5.41) is 0. The van der Waals surface area contributed by atoms with E-state index in [1.807, 2.05) is 0 Å². The van der Waals surface area contributed by atoms with E-state index in [0.717, 1.165) is 12.1 Å². The van der Waals surface area contributed by atoms with Gasteiger partial charge in [-0.3, -0.25) is 4.79 Å². The largest absolute Gasteiger partial charge is 0.419 e. The van der Waals surface area contributed by atoms with E-state index in [2.05, 4.69) is 0 Å². The van der Waals surface area contributed by atoms with Gasteiger partial charge in [0.2, 0.25) is 0 Å². The zero-order valence-electron chi connectivity index (χ0n) is 9.65. The summed E-state index contributed by atoms with van der Waals surface area (Å²) in [6.45, 7) is 4.57. The normalized spacial score (nSPS) is 12.6. The smallest absolute Gasteiger partial charge is 0.293 e. The number of rotatable bonds is 1. The van der Waals surface area contributed by atoms with Crippen molar-refractivity contribution in [2.45, 2.75) is 26.9 Å². The molecular weight excluding hydrogens is 236 g/mol. The Morgan fingerprint density at radius 1 is 1.12 bits per heavy atom. The van der Waals surface area contributed by atoms with Gasteiger partial charge in [0.25, 0.3) is 0 Å². The average molecular weight is 248 g/mol. The first kappa shape index (κ1) is 13.7. The number of ketones is 1. The van der Waals surface area contributed by atoms with E-state index in [0.29, 0.717) is 6.07 Å². The van der Waals surface area contributed by atoms with Crippen molar-refractivity contribution in [3.63, 3.8) is 0 Å². The van der Waals surface area contributed by atoms with Crippen LogP contribution in [0, 0.1) is 11.2 Å². The number of hydrogen-bond donors (Lipinski definition) is 0. The second-order valence-electron chi connectivity index (χ2n) is 4.74. The summed E-state index contributed by atoms with van der Waals surface area (Å²) in [6, 6.07) is 2.72. The van der Waals surface area contributed by atoms with Crippen molar-refractivity contribution in [2.75, 3.05) is 0 Å². The topological polar surface area (TPSA) is 17.1 Å². The van der Waals surface area contributed by atoms with Crippen molar-refractivity contribution >= 4 is 5.78 Å². The first-order valence-corrected chi connectivity index (χ1v) is 4.95. The van der Waals surface area contributed by atoms with E-state index >= 15 is 0 Å². The molecule has 0 heterocycles. The Bertz CT molecular complexity index is 441. The zero-order valence-corrected chi connectivity index (χ0v) is 9.65. The lowest BCUT2D eigenvalue weighted by Gasteiger charge is -2.18. The third-order valence-corrected chi connectivity index (χ3v) is 2.23. The SMILES string of the molecule is CC(C)(C)C(=O)c1cccc(C(F)(F)F)c1F. The molecule has 0 saturated heterocycles. The van der Waals surface area contributed by atoms with E-state index in [9.17, 15) is 22.4 Å². The van der Waals surface area contributed by atoms with Crippen LogP contribution in [0.5, 0.6) is 0 Å². The summed E-state index contributed by atoms with van der Waals surface area (Å²) in [4.78, 5) is 11.8. The quantitative estimate of drug-likeness (QED) is 0.540. The number of carbonyl (C=O) groups excluding carboxylic acids is 1. The summed E-state index contributed by atoms with van der Waals surface area (Å²) in [7, 11) is 0. The fourth-order valence-electron chi connectivity index (χ4n) is 1.33. The van der Waals surface area contributed by atoms with Gasteiger partial charge < -0.3 is 0 Å². The Kier molecular flexibility index (Phi) is 3.32.